The molecule has 6 heteroatoms. The van der Waals surface area contributed by atoms with Gasteiger partial charge in [0.1, 0.15) is 11.5 Å². The van der Waals surface area contributed by atoms with Crippen LogP contribution in [0.4, 0.5) is 11.4 Å². The Morgan fingerprint density at radius 3 is 2.23 bits per heavy atom. The quantitative estimate of drug-likeness (QED) is 0.510. The Bertz CT molecular complexity index is 794. The van der Waals surface area contributed by atoms with Crippen LogP contribution in [0.3, 0.4) is 0 Å². The zero-order valence-corrected chi connectivity index (χ0v) is 11.4. The van der Waals surface area contributed by atoms with E-state index in [1.54, 1.807) is 42.5 Å². The second-order valence-electron chi connectivity index (χ2n) is 4.69. The van der Waals surface area contributed by atoms with E-state index in [0.717, 1.165) is 6.08 Å². The van der Waals surface area contributed by atoms with Gasteiger partial charge in [-0.15, -0.1) is 0 Å². The number of anilines is 2. The molecule has 0 unspecified atom stereocenters. The molecule has 110 valence electrons. The van der Waals surface area contributed by atoms with E-state index in [-0.39, 0.29) is 5.57 Å². The number of nitrogens with two attached hydrogens (primary N) is 2. The van der Waals surface area contributed by atoms with Crippen molar-refractivity contribution in [3.63, 3.8) is 0 Å². The van der Waals surface area contributed by atoms with Crippen molar-refractivity contribution < 1.29 is 19.1 Å². The summed E-state index contributed by atoms with van der Waals surface area (Å²) in [5.74, 6) is -0.506. The van der Waals surface area contributed by atoms with Crippen molar-refractivity contribution >= 4 is 28.9 Å². The molecule has 0 aromatic heterocycles. The summed E-state index contributed by atoms with van der Waals surface area (Å²) < 4.78 is 10.3. The highest BCUT2D eigenvalue weighted by Gasteiger charge is 2.27. The van der Waals surface area contributed by atoms with Gasteiger partial charge < -0.3 is 20.9 Å². The average molecular weight is 296 g/mol. The van der Waals surface area contributed by atoms with Crippen LogP contribution in [0.25, 0.3) is 5.57 Å². The number of carbonyl (C=O) groups excluding carboxylic acids is 2. The summed E-state index contributed by atoms with van der Waals surface area (Å²) in [5.41, 5.74) is 12.9. The molecule has 0 spiro atoms. The van der Waals surface area contributed by atoms with Gasteiger partial charge in [0.05, 0.1) is 5.57 Å². The predicted molar refractivity (Wildman–Crippen MR) is 80.9 cm³/mol. The highest BCUT2D eigenvalue weighted by molar-refractivity contribution is 6.28. The maximum absolute atomic E-state index is 11.7. The van der Waals surface area contributed by atoms with E-state index in [1.807, 2.05) is 0 Å². The van der Waals surface area contributed by atoms with Crippen LogP contribution >= 0.6 is 0 Å². The van der Waals surface area contributed by atoms with Crippen LogP contribution in [0.5, 0.6) is 11.5 Å². The van der Waals surface area contributed by atoms with E-state index in [4.69, 9.17) is 16.2 Å². The van der Waals surface area contributed by atoms with Crippen molar-refractivity contribution in [2.45, 2.75) is 0 Å². The normalized spacial score (nSPS) is 13.7. The van der Waals surface area contributed by atoms with E-state index in [0.29, 0.717) is 28.4 Å². The van der Waals surface area contributed by atoms with Crippen molar-refractivity contribution in [2.75, 3.05) is 11.5 Å². The van der Waals surface area contributed by atoms with Crippen LogP contribution < -0.4 is 16.2 Å². The topological polar surface area (TPSA) is 105 Å². The lowest BCUT2D eigenvalue weighted by Crippen LogP contribution is -2.03. The summed E-state index contributed by atoms with van der Waals surface area (Å²) in [5, 5.41) is 0. The first-order chi connectivity index (χ1) is 10.5. The predicted octanol–water partition coefficient (Wildman–Crippen LogP) is 2.11. The first kappa shape index (κ1) is 13.7. The van der Waals surface area contributed by atoms with E-state index in [2.05, 4.69) is 4.74 Å². The van der Waals surface area contributed by atoms with Gasteiger partial charge in [-0.25, -0.2) is 9.59 Å². The molecule has 3 rings (SSSR count). The van der Waals surface area contributed by atoms with Gasteiger partial charge >= 0.3 is 11.9 Å². The fourth-order valence-corrected chi connectivity index (χ4v) is 2.05. The molecule has 0 saturated carbocycles. The zero-order valence-electron chi connectivity index (χ0n) is 11.4. The maximum Gasteiger partial charge on any atom is 0.347 e. The van der Waals surface area contributed by atoms with Gasteiger partial charge in [0.15, 0.2) is 0 Å². The zero-order chi connectivity index (χ0) is 15.7. The molecule has 2 aromatic rings. The largest absolute Gasteiger partial charge is 0.457 e. The minimum atomic E-state index is -0.724. The van der Waals surface area contributed by atoms with Gasteiger partial charge in [0.2, 0.25) is 0 Å². The Kier molecular flexibility index (Phi) is 3.27. The molecule has 22 heavy (non-hydrogen) atoms. The summed E-state index contributed by atoms with van der Waals surface area (Å²) in [7, 11) is 0. The standard InChI is InChI=1S/C16H12N2O4/c17-9-1-4-11(5-2-9)21-14-6-3-10(18)7-12(14)13-8-15(19)22-16(13)20/h1-8H,17-18H2. The van der Waals surface area contributed by atoms with Crippen molar-refractivity contribution in [1.82, 2.24) is 0 Å². The van der Waals surface area contributed by atoms with Crippen LogP contribution in [0.15, 0.2) is 48.5 Å². The maximum atomic E-state index is 11.7. The fourth-order valence-electron chi connectivity index (χ4n) is 2.05. The van der Waals surface area contributed by atoms with Crippen LogP contribution in [0.1, 0.15) is 5.56 Å². The number of hydrogen-bond acceptors (Lipinski definition) is 6. The monoisotopic (exact) mass is 296 g/mol. The third-order valence-corrected chi connectivity index (χ3v) is 3.08. The van der Waals surface area contributed by atoms with Gasteiger partial charge in [-0.05, 0) is 42.5 Å². The highest BCUT2D eigenvalue weighted by Crippen LogP contribution is 2.34. The lowest BCUT2D eigenvalue weighted by atomic mass is 10.0. The van der Waals surface area contributed by atoms with Gasteiger partial charge in [0, 0.05) is 23.0 Å². The molecular formula is C16H12N2O4. The lowest BCUT2D eigenvalue weighted by molar-refractivity contribution is -0.149. The Morgan fingerprint density at radius 2 is 1.59 bits per heavy atom. The van der Waals surface area contributed by atoms with Crippen LogP contribution in [-0.4, -0.2) is 11.9 Å². The molecule has 0 amide bonds. The van der Waals surface area contributed by atoms with Crippen LogP contribution in [0, 0.1) is 0 Å². The molecule has 0 saturated heterocycles. The number of hydrogen-bond donors (Lipinski definition) is 2. The third kappa shape index (κ3) is 2.62. The van der Waals surface area contributed by atoms with Gasteiger partial charge in [0.25, 0.3) is 0 Å². The lowest BCUT2D eigenvalue weighted by Gasteiger charge is -2.11. The first-order valence-corrected chi connectivity index (χ1v) is 6.44. The molecular weight excluding hydrogens is 284 g/mol. The van der Waals surface area contributed by atoms with Gasteiger partial charge in [-0.1, -0.05) is 0 Å². The summed E-state index contributed by atoms with van der Waals surface area (Å²) in [4.78, 5) is 22.9. The summed E-state index contributed by atoms with van der Waals surface area (Å²) in [6.45, 7) is 0. The Morgan fingerprint density at radius 1 is 0.909 bits per heavy atom. The molecule has 0 atom stereocenters. The number of cyclic esters (lactones) is 2. The average Bonchev–Trinajstić information content (AvgIpc) is 2.82. The van der Waals surface area contributed by atoms with Crippen molar-refractivity contribution in [1.29, 1.82) is 0 Å². The van der Waals surface area contributed by atoms with E-state index in [1.165, 1.54) is 0 Å². The number of rotatable bonds is 3. The smallest absolute Gasteiger partial charge is 0.347 e. The number of benzene rings is 2. The molecule has 2 aromatic carbocycles. The second kappa shape index (κ2) is 5.25. The van der Waals surface area contributed by atoms with Gasteiger partial charge in [-0.3, -0.25) is 0 Å². The Hall–Kier alpha value is -3.28. The summed E-state index contributed by atoms with van der Waals surface area (Å²) in [6.07, 6.45) is 1.12. The summed E-state index contributed by atoms with van der Waals surface area (Å²) >= 11 is 0. The summed E-state index contributed by atoms with van der Waals surface area (Å²) in [6, 6.07) is 11.6. The van der Waals surface area contributed by atoms with Gasteiger partial charge in [-0.2, -0.15) is 0 Å². The molecule has 0 aliphatic carbocycles. The SMILES string of the molecule is Nc1ccc(Oc2ccc(N)cc2C2=CC(=O)OC2=O)cc1. The second-order valence-corrected chi connectivity index (χ2v) is 4.69. The van der Waals surface area contributed by atoms with Crippen LogP contribution in [0.2, 0.25) is 0 Å². The number of carbonyl (C=O) groups is 2. The number of nitrogen functional groups attached to an aromatic ring is 2. The molecule has 6 nitrogen and oxygen atoms in total. The first-order valence-electron chi connectivity index (χ1n) is 6.44. The van der Waals surface area contributed by atoms with Crippen LogP contribution in [-0.2, 0) is 14.3 Å². The molecule has 0 radical (unpaired) electrons. The molecule has 0 fully saturated rings. The molecule has 4 N–H and O–H groups in total. The molecule has 0 bridgehead atoms. The van der Waals surface area contributed by atoms with Crippen molar-refractivity contribution in [2.24, 2.45) is 0 Å². The minimum absolute atomic E-state index is 0.114. The van der Waals surface area contributed by atoms with Crippen molar-refractivity contribution in [3.05, 3.63) is 54.1 Å². The minimum Gasteiger partial charge on any atom is -0.457 e. The van der Waals surface area contributed by atoms with E-state index in [9.17, 15) is 9.59 Å². The fraction of sp³-hybridized carbons (Fsp3) is 0. The third-order valence-electron chi connectivity index (χ3n) is 3.08. The molecule has 1 heterocycles. The van der Waals surface area contributed by atoms with E-state index >= 15 is 0 Å². The molecule has 1 aliphatic heterocycles. The Labute approximate surface area is 125 Å². The van der Waals surface area contributed by atoms with Crippen molar-refractivity contribution in [3.8, 4) is 11.5 Å². The Balaban J connectivity index is 2.01. The number of ether oxygens (including phenoxy) is 2. The molecule has 1 aliphatic rings. The number of esters is 2. The highest BCUT2D eigenvalue weighted by atomic mass is 16.6. The van der Waals surface area contributed by atoms with E-state index < -0.39 is 11.9 Å².